The van der Waals surface area contributed by atoms with Crippen molar-refractivity contribution in [3.63, 3.8) is 0 Å². The van der Waals surface area contributed by atoms with E-state index in [0.29, 0.717) is 11.6 Å². The minimum absolute atomic E-state index is 0.405. The van der Waals surface area contributed by atoms with E-state index >= 15 is 0 Å². The van der Waals surface area contributed by atoms with Crippen molar-refractivity contribution in [1.82, 2.24) is 9.78 Å². The Morgan fingerprint density at radius 3 is 2.47 bits per heavy atom. The van der Waals surface area contributed by atoms with E-state index < -0.39 is 0 Å². The number of aryl methyl sites for hydroxylation is 3. The first-order chi connectivity index (χ1) is 8.97. The van der Waals surface area contributed by atoms with Crippen molar-refractivity contribution in [2.75, 3.05) is 0 Å². The Balaban J connectivity index is 2.18. The summed E-state index contributed by atoms with van der Waals surface area (Å²) in [7, 11) is 1.89. The highest BCUT2D eigenvalue weighted by Gasteiger charge is 2.09. The molecule has 2 rings (SSSR count). The fraction of sp³-hybridized carbons (Fsp3) is 0.286. The lowest BCUT2D eigenvalue weighted by molar-refractivity contribution is 0.296. The predicted molar refractivity (Wildman–Crippen MR) is 79.3 cm³/mol. The molecule has 0 atom stereocenters. The largest absolute Gasteiger partial charge is 0.487 e. The van der Waals surface area contributed by atoms with E-state index in [1.54, 1.807) is 4.68 Å². The number of rotatable bonds is 4. The van der Waals surface area contributed by atoms with Crippen LogP contribution in [-0.2, 0) is 13.7 Å². The van der Waals surface area contributed by atoms with Crippen LogP contribution in [-0.4, -0.2) is 14.8 Å². The molecule has 0 aliphatic heterocycles. The molecule has 5 heteroatoms. The van der Waals surface area contributed by atoms with E-state index in [1.807, 2.05) is 45.3 Å². The van der Waals surface area contributed by atoms with Gasteiger partial charge in [0, 0.05) is 18.8 Å². The zero-order chi connectivity index (χ0) is 14.0. The Labute approximate surface area is 118 Å². The minimum Gasteiger partial charge on any atom is -0.487 e. The Kier molecular flexibility index (Phi) is 3.85. The fourth-order valence-corrected chi connectivity index (χ4v) is 2.12. The molecule has 0 bridgehead atoms. The molecule has 0 radical (unpaired) electrons. The lowest BCUT2D eigenvalue weighted by atomic mass is 10.1. The van der Waals surface area contributed by atoms with Gasteiger partial charge in [-0.15, -0.1) is 0 Å². The third-order valence-electron chi connectivity index (χ3n) is 2.88. The molecule has 1 heterocycles. The Morgan fingerprint density at radius 2 is 2.00 bits per heavy atom. The molecule has 0 unspecified atom stereocenters. The van der Waals surface area contributed by atoms with Crippen molar-refractivity contribution in [3.05, 3.63) is 46.8 Å². The van der Waals surface area contributed by atoms with Gasteiger partial charge in [0.2, 0.25) is 0 Å². The molecule has 2 N–H and O–H groups in total. The van der Waals surface area contributed by atoms with Crippen LogP contribution in [0.4, 0.5) is 0 Å². The number of benzene rings is 1. The van der Waals surface area contributed by atoms with Gasteiger partial charge in [-0.25, -0.2) is 0 Å². The van der Waals surface area contributed by atoms with Crippen LogP contribution < -0.4 is 10.5 Å². The molecule has 0 saturated heterocycles. The molecule has 4 nitrogen and oxygen atoms in total. The topological polar surface area (TPSA) is 53.1 Å². The molecular formula is C14H17N3OS. The van der Waals surface area contributed by atoms with E-state index in [9.17, 15) is 0 Å². The number of hydrogen-bond acceptors (Lipinski definition) is 3. The number of nitrogens with zero attached hydrogens (tertiary/aromatic N) is 2. The van der Waals surface area contributed by atoms with Crippen LogP contribution in [0.15, 0.2) is 24.4 Å². The summed E-state index contributed by atoms with van der Waals surface area (Å²) in [5, 5.41) is 4.28. The second-order valence-corrected chi connectivity index (χ2v) is 5.01. The van der Waals surface area contributed by atoms with Crippen LogP contribution in [0, 0.1) is 13.8 Å². The van der Waals surface area contributed by atoms with Crippen LogP contribution in [0.5, 0.6) is 5.75 Å². The summed E-state index contributed by atoms with van der Waals surface area (Å²) in [5.74, 6) is 0.866. The van der Waals surface area contributed by atoms with Crippen molar-refractivity contribution < 1.29 is 4.74 Å². The van der Waals surface area contributed by atoms with Gasteiger partial charge in [-0.3, -0.25) is 4.68 Å². The molecule has 0 saturated carbocycles. The highest BCUT2D eigenvalue weighted by molar-refractivity contribution is 7.80. The monoisotopic (exact) mass is 275 g/mol. The van der Waals surface area contributed by atoms with Gasteiger partial charge in [0.25, 0.3) is 0 Å². The molecule has 0 aliphatic carbocycles. The van der Waals surface area contributed by atoms with Crippen LogP contribution >= 0.6 is 12.2 Å². The van der Waals surface area contributed by atoms with Crippen LogP contribution in [0.2, 0.25) is 0 Å². The van der Waals surface area contributed by atoms with Crippen molar-refractivity contribution in [2.45, 2.75) is 20.5 Å². The molecule has 2 aromatic rings. The highest BCUT2D eigenvalue weighted by Crippen LogP contribution is 2.25. The van der Waals surface area contributed by atoms with Gasteiger partial charge in [-0.1, -0.05) is 12.2 Å². The summed E-state index contributed by atoms with van der Waals surface area (Å²) >= 11 is 4.99. The van der Waals surface area contributed by atoms with Crippen LogP contribution in [0.1, 0.15) is 22.4 Å². The average Bonchev–Trinajstić information content (AvgIpc) is 2.73. The zero-order valence-electron chi connectivity index (χ0n) is 11.3. The van der Waals surface area contributed by atoms with Crippen molar-refractivity contribution in [2.24, 2.45) is 12.8 Å². The molecule has 100 valence electrons. The lowest BCUT2D eigenvalue weighted by Gasteiger charge is -2.13. The van der Waals surface area contributed by atoms with E-state index in [1.165, 1.54) is 0 Å². The fourth-order valence-electron chi connectivity index (χ4n) is 2.01. The van der Waals surface area contributed by atoms with Crippen LogP contribution in [0.3, 0.4) is 0 Å². The van der Waals surface area contributed by atoms with E-state index in [-0.39, 0.29) is 0 Å². The Hall–Kier alpha value is -1.88. The van der Waals surface area contributed by atoms with Gasteiger partial charge in [0.15, 0.2) is 0 Å². The average molecular weight is 275 g/mol. The maximum Gasteiger partial charge on any atom is 0.132 e. The smallest absolute Gasteiger partial charge is 0.132 e. The standard InChI is InChI=1S/C14H17N3OS/c1-9-6-11(14(15)19)7-10(2)13(9)18-8-12-4-5-17(3)16-12/h4-7H,8H2,1-3H3,(H2,15,19). The molecule has 0 fully saturated rings. The van der Waals surface area contributed by atoms with Crippen molar-refractivity contribution >= 4 is 17.2 Å². The highest BCUT2D eigenvalue weighted by atomic mass is 32.1. The summed E-state index contributed by atoms with van der Waals surface area (Å²) in [6, 6.07) is 5.83. The Morgan fingerprint density at radius 1 is 1.37 bits per heavy atom. The summed E-state index contributed by atoms with van der Waals surface area (Å²) in [4.78, 5) is 0.405. The number of thiocarbonyl (C=S) groups is 1. The summed E-state index contributed by atoms with van der Waals surface area (Å²) in [6.07, 6.45) is 1.90. The normalized spacial score (nSPS) is 10.5. The third-order valence-corrected chi connectivity index (χ3v) is 3.11. The molecule has 0 amide bonds. The van der Waals surface area contributed by atoms with Gasteiger partial charge in [-0.2, -0.15) is 5.10 Å². The quantitative estimate of drug-likeness (QED) is 0.870. The second kappa shape index (κ2) is 5.40. The number of aromatic nitrogens is 2. The van der Waals surface area contributed by atoms with E-state index in [4.69, 9.17) is 22.7 Å². The van der Waals surface area contributed by atoms with Gasteiger partial charge in [0.05, 0.1) is 5.69 Å². The number of nitrogens with two attached hydrogens (primary N) is 1. The minimum atomic E-state index is 0.405. The third kappa shape index (κ3) is 3.12. The second-order valence-electron chi connectivity index (χ2n) is 4.57. The SMILES string of the molecule is Cc1cc(C(N)=S)cc(C)c1OCc1ccn(C)n1. The predicted octanol–water partition coefficient (Wildman–Crippen LogP) is 2.25. The van der Waals surface area contributed by atoms with Crippen molar-refractivity contribution in [3.8, 4) is 5.75 Å². The molecular weight excluding hydrogens is 258 g/mol. The van der Waals surface area contributed by atoms with Crippen LogP contribution in [0.25, 0.3) is 0 Å². The molecule has 1 aromatic heterocycles. The molecule has 1 aromatic carbocycles. The lowest BCUT2D eigenvalue weighted by Crippen LogP contribution is -2.10. The Bertz CT molecular complexity index is 596. The summed E-state index contributed by atoms with van der Waals surface area (Å²) in [5.41, 5.74) is 9.47. The van der Waals surface area contributed by atoms with Gasteiger partial charge < -0.3 is 10.5 Å². The maximum atomic E-state index is 5.84. The first kappa shape index (κ1) is 13.5. The maximum absolute atomic E-state index is 5.84. The number of hydrogen-bond donors (Lipinski definition) is 1. The van der Waals surface area contributed by atoms with E-state index in [0.717, 1.165) is 28.1 Å². The van der Waals surface area contributed by atoms with Gasteiger partial charge >= 0.3 is 0 Å². The number of ether oxygens (including phenoxy) is 1. The van der Waals surface area contributed by atoms with Gasteiger partial charge in [0.1, 0.15) is 17.3 Å². The first-order valence-corrected chi connectivity index (χ1v) is 6.40. The zero-order valence-corrected chi connectivity index (χ0v) is 12.1. The summed E-state index contributed by atoms with van der Waals surface area (Å²) < 4.78 is 7.60. The molecule has 0 spiro atoms. The molecule has 19 heavy (non-hydrogen) atoms. The molecule has 0 aliphatic rings. The van der Waals surface area contributed by atoms with Crippen molar-refractivity contribution in [1.29, 1.82) is 0 Å². The van der Waals surface area contributed by atoms with E-state index in [2.05, 4.69) is 5.10 Å². The summed E-state index contributed by atoms with van der Waals surface area (Å²) in [6.45, 7) is 4.43. The first-order valence-electron chi connectivity index (χ1n) is 5.99. The van der Waals surface area contributed by atoms with Gasteiger partial charge in [-0.05, 0) is 43.2 Å².